The van der Waals surface area contributed by atoms with E-state index in [1.165, 1.54) is 11.3 Å². The van der Waals surface area contributed by atoms with Crippen molar-refractivity contribution in [1.82, 2.24) is 15.3 Å². The third-order valence-corrected chi connectivity index (χ3v) is 3.27. The van der Waals surface area contributed by atoms with Gasteiger partial charge in [0.2, 0.25) is 0 Å². The first-order chi connectivity index (χ1) is 8.88. The molecule has 2 heterocycles. The van der Waals surface area contributed by atoms with E-state index in [0.29, 0.717) is 6.61 Å². The molecule has 18 heavy (non-hydrogen) atoms. The predicted octanol–water partition coefficient (Wildman–Crippen LogP) is 2.04. The van der Waals surface area contributed by atoms with Crippen molar-refractivity contribution < 1.29 is 4.74 Å². The predicted molar refractivity (Wildman–Crippen MR) is 69.7 cm³/mol. The molecule has 3 rings (SSSR count). The third kappa shape index (κ3) is 1.99. The molecule has 4 heteroatoms. The van der Waals surface area contributed by atoms with Crippen LogP contribution in [0.2, 0.25) is 0 Å². The number of aromatic nitrogens is 2. The Balaban J connectivity index is 1.88. The van der Waals surface area contributed by atoms with Gasteiger partial charge in [-0.15, -0.1) is 0 Å². The average Bonchev–Trinajstić information content (AvgIpc) is 2.88. The Morgan fingerprint density at radius 2 is 2.17 bits per heavy atom. The first-order valence-corrected chi connectivity index (χ1v) is 6.36. The van der Waals surface area contributed by atoms with Crippen LogP contribution in [0, 0.1) is 0 Å². The van der Waals surface area contributed by atoms with Gasteiger partial charge in [-0.1, -0.05) is 12.1 Å². The van der Waals surface area contributed by atoms with Crippen molar-refractivity contribution in [2.45, 2.75) is 19.4 Å². The lowest BCUT2D eigenvalue weighted by Crippen LogP contribution is -2.30. The zero-order valence-corrected chi connectivity index (χ0v) is 10.4. The highest BCUT2D eigenvalue weighted by Crippen LogP contribution is 2.27. The summed E-state index contributed by atoms with van der Waals surface area (Å²) in [6.07, 6.45) is 2.79. The average molecular weight is 243 g/mol. The maximum atomic E-state index is 5.46. The van der Waals surface area contributed by atoms with E-state index in [1.807, 2.05) is 19.1 Å². The Kier molecular flexibility index (Phi) is 3.02. The number of fused-ring (bicyclic) bond motifs is 1. The summed E-state index contributed by atoms with van der Waals surface area (Å²) in [7, 11) is 0. The molecule has 1 aliphatic heterocycles. The van der Waals surface area contributed by atoms with Gasteiger partial charge in [-0.05, 0) is 24.6 Å². The lowest BCUT2D eigenvalue weighted by molar-refractivity contribution is 0.340. The van der Waals surface area contributed by atoms with E-state index in [9.17, 15) is 0 Å². The van der Waals surface area contributed by atoms with Gasteiger partial charge in [0.05, 0.1) is 24.7 Å². The maximum Gasteiger partial charge on any atom is 0.119 e. The molecule has 1 aromatic carbocycles. The fraction of sp³-hybridized carbons (Fsp3) is 0.357. The number of hydrogen-bond acceptors (Lipinski definition) is 3. The highest BCUT2D eigenvalue weighted by molar-refractivity contribution is 5.35. The molecule has 2 N–H and O–H groups in total. The molecule has 0 amide bonds. The second-order valence-electron chi connectivity index (χ2n) is 4.41. The van der Waals surface area contributed by atoms with Gasteiger partial charge in [0.1, 0.15) is 5.75 Å². The van der Waals surface area contributed by atoms with Crippen LogP contribution in [0.1, 0.15) is 29.9 Å². The van der Waals surface area contributed by atoms with Gasteiger partial charge < -0.3 is 15.0 Å². The van der Waals surface area contributed by atoms with Crippen LogP contribution in [-0.2, 0) is 6.42 Å². The number of hydrogen-bond donors (Lipinski definition) is 2. The Morgan fingerprint density at radius 3 is 2.94 bits per heavy atom. The standard InChI is InChI=1S/C14H17N3O/c1-2-18-11-5-3-10(4-6-11)13-14-12(7-8-15-13)16-9-17-14/h3-6,9,13,15H,2,7-8H2,1H3,(H,16,17). The van der Waals surface area contributed by atoms with E-state index < -0.39 is 0 Å². The van der Waals surface area contributed by atoms with Gasteiger partial charge in [0.25, 0.3) is 0 Å². The van der Waals surface area contributed by atoms with Crippen LogP contribution in [0.3, 0.4) is 0 Å². The molecule has 4 nitrogen and oxygen atoms in total. The number of H-pyrrole nitrogens is 1. The van der Waals surface area contributed by atoms with E-state index in [0.717, 1.165) is 24.4 Å². The molecule has 0 bridgehead atoms. The summed E-state index contributed by atoms with van der Waals surface area (Å²) in [4.78, 5) is 7.64. The minimum Gasteiger partial charge on any atom is -0.494 e. The molecule has 0 aliphatic carbocycles. The van der Waals surface area contributed by atoms with Gasteiger partial charge in [0.15, 0.2) is 0 Å². The normalized spacial score (nSPS) is 18.4. The molecule has 2 aromatic rings. The highest BCUT2D eigenvalue weighted by atomic mass is 16.5. The van der Waals surface area contributed by atoms with Crippen molar-refractivity contribution in [2.75, 3.05) is 13.2 Å². The van der Waals surface area contributed by atoms with Crippen LogP contribution in [0.25, 0.3) is 0 Å². The molecule has 1 aromatic heterocycles. The molecule has 1 aliphatic rings. The summed E-state index contributed by atoms with van der Waals surface area (Å²) in [6, 6.07) is 8.43. The largest absolute Gasteiger partial charge is 0.494 e. The second-order valence-corrected chi connectivity index (χ2v) is 4.41. The van der Waals surface area contributed by atoms with Crippen molar-refractivity contribution in [3.63, 3.8) is 0 Å². The molecular weight excluding hydrogens is 226 g/mol. The quantitative estimate of drug-likeness (QED) is 0.867. The number of rotatable bonds is 3. The van der Waals surface area contributed by atoms with Crippen molar-refractivity contribution in [2.24, 2.45) is 0 Å². The first kappa shape index (κ1) is 11.3. The van der Waals surface area contributed by atoms with E-state index in [2.05, 4.69) is 27.4 Å². The zero-order valence-electron chi connectivity index (χ0n) is 10.4. The lowest BCUT2D eigenvalue weighted by atomic mass is 9.98. The highest BCUT2D eigenvalue weighted by Gasteiger charge is 2.23. The Labute approximate surface area is 106 Å². The second kappa shape index (κ2) is 4.82. The summed E-state index contributed by atoms with van der Waals surface area (Å²) in [5.74, 6) is 0.916. The minimum atomic E-state index is 0.190. The Morgan fingerprint density at radius 1 is 1.33 bits per heavy atom. The maximum absolute atomic E-state index is 5.46. The summed E-state index contributed by atoms with van der Waals surface area (Å²) in [5.41, 5.74) is 3.59. The van der Waals surface area contributed by atoms with Crippen LogP contribution in [-0.4, -0.2) is 23.1 Å². The minimum absolute atomic E-state index is 0.190. The smallest absolute Gasteiger partial charge is 0.119 e. The number of imidazole rings is 1. The molecule has 1 atom stereocenters. The van der Waals surface area contributed by atoms with Crippen molar-refractivity contribution in [3.8, 4) is 5.75 Å². The topological polar surface area (TPSA) is 49.9 Å². The number of aromatic amines is 1. The molecule has 0 saturated heterocycles. The molecule has 0 spiro atoms. The fourth-order valence-corrected chi connectivity index (χ4v) is 2.42. The number of ether oxygens (including phenoxy) is 1. The van der Waals surface area contributed by atoms with E-state index >= 15 is 0 Å². The van der Waals surface area contributed by atoms with Crippen LogP contribution >= 0.6 is 0 Å². The van der Waals surface area contributed by atoms with Crippen molar-refractivity contribution >= 4 is 0 Å². The van der Waals surface area contributed by atoms with Crippen LogP contribution in [0.15, 0.2) is 30.6 Å². The number of benzene rings is 1. The first-order valence-electron chi connectivity index (χ1n) is 6.36. The van der Waals surface area contributed by atoms with Crippen molar-refractivity contribution in [1.29, 1.82) is 0 Å². The summed E-state index contributed by atoms with van der Waals surface area (Å²) < 4.78 is 5.46. The van der Waals surface area contributed by atoms with E-state index in [4.69, 9.17) is 4.74 Å². The van der Waals surface area contributed by atoms with Gasteiger partial charge in [-0.3, -0.25) is 0 Å². The fourth-order valence-electron chi connectivity index (χ4n) is 2.42. The third-order valence-electron chi connectivity index (χ3n) is 3.27. The molecule has 94 valence electrons. The molecule has 1 unspecified atom stereocenters. The Bertz CT molecular complexity index is 518. The SMILES string of the molecule is CCOc1ccc(C2NCCc3[nH]cnc32)cc1. The van der Waals surface area contributed by atoms with E-state index in [1.54, 1.807) is 6.33 Å². The Hall–Kier alpha value is -1.81. The summed E-state index contributed by atoms with van der Waals surface area (Å²) >= 11 is 0. The zero-order chi connectivity index (χ0) is 12.4. The van der Waals surface area contributed by atoms with E-state index in [-0.39, 0.29) is 6.04 Å². The molecule has 0 saturated carbocycles. The van der Waals surface area contributed by atoms with Gasteiger partial charge >= 0.3 is 0 Å². The van der Waals surface area contributed by atoms with Gasteiger partial charge in [0, 0.05) is 18.7 Å². The van der Waals surface area contributed by atoms with Crippen molar-refractivity contribution in [3.05, 3.63) is 47.5 Å². The summed E-state index contributed by atoms with van der Waals surface area (Å²) in [5, 5.41) is 3.51. The van der Waals surface area contributed by atoms with Crippen LogP contribution < -0.4 is 10.1 Å². The number of nitrogens with one attached hydrogen (secondary N) is 2. The van der Waals surface area contributed by atoms with Crippen LogP contribution in [0.5, 0.6) is 5.75 Å². The lowest BCUT2D eigenvalue weighted by Gasteiger charge is -2.23. The van der Waals surface area contributed by atoms with Gasteiger partial charge in [-0.2, -0.15) is 0 Å². The summed E-state index contributed by atoms with van der Waals surface area (Å²) in [6.45, 7) is 3.67. The van der Waals surface area contributed by atoms with Crippen LogP contribution in [0.4, 0.5) is 0 Å². The monoisotopic (exact) mass is 243 g/mol. The molecule has 0 fully saturated rings. The van der Waals surface area contributed by atoms with Gasteiger partial charge in [-0.25, -0.2) is 4.98 Å². The number of nitrogens with zero attached hydrogens (tertiary/aromatic N) is 1. The molecular formula is C14H17N3O. The molecule has 0 radical (unpaired) electrons.